The lowest BCUT2D eigenvalue weighted by Gasteiger charge is -2.15. The SMILES string of the molecule is CNC(=O)c1cc2cc(C#N)ccc2c(Cl)c1NC(=O)c1cc(C(F)(F)F)nn1-c1ncccc1Cl. The van der Waals surface area contributed by atoms with E-state index in [1.54, 1.807) is 0 Å². The zero-order valence-corrected chi connectivity index (χ0v) is 19.6. The molecule has 182 valence electrons. The van der Waals surface area contributed by atoms with Gasteiger partial charge >= 0.3 is 6.18 Å². The minimum Gasteiger partial charge on any atom is -0.355 e. The van der Waals surface area contributed by atoms with Gasteiger partial charge in [0, 0.05) is 24.7 Å². The van der Waals surface area contributed by atoms with Crippen LogP contribution < -0.4 is 10.6 Å². The highest BCUT2D eigenvalue weighted by molar-refractivity contribution is 6.40. The Hall–Kier alpha value is -4.14. The first-order chi connectivity index (χ1) is 17.0. The van der Waals surface area contributed by atoms with Crippen LogP contribution in [0.15, 0.2) is 48.7 Å². The largest absolute Gasteiger partial charge is 0.435 e. The molecule has 0 saturated heterocycles. The third-order valence-electron chi connectivity index (χ3n) is 5.09. The standard InChI is InChI=1S/C23H13Cl2F3N6O2/c1-30-21(35)14-8-12-7-11(10-29)4-5-13(12)18(25)19(14)32-22(36)16-9-17(23(26,27)28)33-34(16)20-15(24)3-2-6-31-20/h2-9H,1H3,(H,30,35)(H,32,36). The Balaban J connectivity index is 1.88. The normalized spacial score (nSPS) is 11.2. The van der Waals surface area contributed by atoms with Crippen molar-refractivity contribution in [1.82, 2.24) is 20.1 Å². The van der Waals surface area contributed by atoms with E-state index >= 15 is 0 Å². The lowest BCUT2D eigenvalue weighted by atomic mass is 10.0. The Labute approximate surface area is 211 Å². The number of benzene rings is 2. The number of fused-ring (bicyclic) bond motifs is 1. The van der Waals surface area contributed by atoms with Gasteiger partial charge in [-0.3, -0.25) is 9.59 Å². The van der Waals surface area contributed by atoms with Crippen LogP contribution in [-0.2, 0) is 6.18 Å². The number of rotatable bonds is 4. The van der Waals surface area contributed by atoms with E-state index in [0.29, 0.717) is 27.1 Å². The van der Waals surface area contributed by atoms with Gasteiger partial charge in [0.2, 0.25) is 0 Å². The molecule has 0 spiro atoms. The van der Waals surface area contributed by atoms with Crippen molar-refractivity contribution in [1.29, 1.82) is 5.26 Å². The van der Waals surface area contributed by atoms with Gasteiger partial charge in [-0.15, -0.1) is 0 Å². The molecule has 4 rings (SSSR count). The second-order valence-corrected chi connectivity index (χ2v) is 8.11. The Morgan fingerprint density at radius 2 is 1.86 bits per heavy atom. The number of carbonyl (C=O) groups is 2. The van der Waals surface area contributed by atoms with Crippen molar-refractivity contribution >= 4 is 51.5 Å². The number of anilines is 1. The highest BCUT2D eigenvalue weighted by Gasteiger charge is 2.37. The summed E-state index contributed by atoms with van der Waals surface area (Å²) in [6, 6.07) is 11.3. The van der Waals surface area contributed by atoms with Crippen molar-refractivity contribution in [2.24, 2.45) is 0 Å². The van der Waals surface area contributed by atoms with Crippen molar-refractivity contribution in [2.45, 2.75) is 6.18 Å². The zero-order valence-electron chi connectivity index (χ0n) is 18.1. The third kappa shape index (κ3) is 4.56. The highest BCUT2D eigenvalue weighted by Crippen LogP contribution is 2.36. The lowest BCUT2D eigenvalue weighted by molar-refractivity contribution is -0.141. The lowest BCUT2D eigenvalue weighted by Crippen LogP contribution is -2.23. The van der Waals surface area contributed by atoms with Gasteiger partial charge in [0.15, 0.2) is 11.5 Å². The quantitative estimate of drug-likeness (QED) is 0.373. The van der Waals surface area contributed by atoms with E-state index in [1.165, 1.54) is 49.6 Å². The van der Waals surface area contributed by atoms with Gasteiger partial charge in [0.05, 0.1) is 32.9 Å². The summed E-state index contributed by atoms with van der Waals surface area (Å²) in [5.74, 6) is -1.89. The first-order valence-electron chi connectivity index (χ1n) is 10.0. The van der Waals surface area contributed by atoms with Crippen molar-refractivity contribution in [3.8, 4) is 11.9 Å². The fraction of sp³-hybridized carbons (Fsp3) is 0.0870. The second kappa shape index (κ2) is 9.49. The van der Waals surface area contributed by atoms with Crippen LogP contribution in [-0.4, -0.2) is 33.6 Å². The first-order valence-corrected chi connectivity index (χ1v) is 10.8. The van der Waals surface area contributed by atoms with E-state index in [1.807, 2.05) is 6.07 Å². The second-order valence-electron chi connectivity index (χ2n) is 7.33. The number of aromatic nitrogens is 3. The summed E-state index contributed by atoms with van der Waals surface area (Å²) in [6.07, 6.45) is -3.59. The molecule has 0 aliphatic rings. The van der Waals surface area contributed by atoms with Crippen LogP contribution in [0.5, 0.6) is 0 Å². The number of nitrogens with zero attached hydrogens (tertiary/aromatic N) is 4. The van der Waals surface area contributed by atoms with Crippen LogP contribution in [0.3, 0.4) is 0 Å². The summed E-state index contributed by atoms with van der Waals surface area (Å²) >= 11 is 12.6. The number of hydrogen-bond acceptors (Lipinski definition) is 5. The smallest absolute Gasteiger partial charge is 0.355 e. The Morgan fingerprint density at radius 3 is 2.50 bits per heavy atom. The molecule has 2 heterocycles. The topological polar surface area (TPSA) is 113 Å². The molecule has 0 aliphatic heterocycles. The summed E-state index contributed by atoms with van der Waals surface area (Å²) in [5.41, 5.74) is -1.81. The predicted molar refractivity (Wildman–Crippen MR) is 126 cm³/mol. The Morgan fingerprint density at radius 1 is 1.11 bits per heavy atom. The molecular formula is C23H13Cl2F3N6O2. The molecule has 0 radical (unpaired) electrons. The molecule has 13 heteroatoms. The first kappa shape index (κ1) is 25.0. The molecule has 0 aliphatic carbocycles. The van der Waals surface area contributed by atoms with E-state index in [-0.39, 0.29) is 27.1 Å². The summed E-state index contributed by atoms with van der Waals surface area (Å²) < 4.78 is 41.0. The number of halogens is 5. The monoisotopic (exact) mass is 532 g/mol. The number of pyridine rings is 1. The van der Waals surface area contributed by atoms with Crippen LogP contribution >= 0.6 is 23.2 Å². The molecule has 2 aromatic carbocycles. The predicted octanol–water partition coefficient (Wildman–Crippen LogP) is 5.23. The van der Waals surface area contributed by atoms with Gasteiger partial charge in [0.1, 0.15) is 5.69 Å². The van der Waals surface area contributed by atoms with Gasteiger partial charge in [-0.2, -0.15) is 23.5 Å². The molecule has 2 aromatic heterocycles. The van der Waals surface area contributed by atoms with Crippen molar-refractivity contribution < 1.29 is 22.8 Å². The maximum atomic E-state index is 13.4. The number of alkyl halides is 3. The molecular weight excluding hydrogens is 520 g/mol. The molecule has 0 saturated carbocycles. The fourth-order valence-electron chi connectivity index (χ4n) is 3.42. The Kier molecular flexibility index (Phi) is 6.58. The van der Waals surface area contributed by atoms with E-state index in [9.17, 15) is 22.8 Å². The molecule has 0 bridgehead atoms. The average Bonchev–Trinajstić information content (AvgIpc) is 3.31. The summed E-state index contributed by atoms with van der Waals surface area (Å²) in [7, 11) is 1.35. The van der Waals surface area contributed by atoms with Gasteiger partial charge in [0.25, 0.3) is 11.8 Å². The highest BCUT2D eigenvalue weighted by atomic mass is 35.5. The van der Waals surface area contributed by atoms with Gasteiger partial charge in [-0.05, 0) is 35.7 Å². The number of amides is 2. The van der Waals surface area contributed by atoms with E-state index < -0.39 is 29.4 Å². The fourth-order valence-corrected chi connectivity index (χ4v) is 3.94. The summed E-state index contributed by atoms with van der Waals surface area (Å²) in [4.78, 5) is 29.8. The van der Waals surface area contributed by atoms with Gasteiger partial charge in [-0.25, -0.2) is 9.67 Å². The van der Waals surface area contributed by atoms with Crippen LogP contribution in [0.25, 0.3) is 16.6 Å². The molecule has 2 amide bonds. The van der Waals surface area contributed by atoms with E-state index in [0.717, 1.165) is 0 Å². The summed E-state index contributed by atoms with van der Waals surface area (Å²) in [5, 5.41) is 18.2. The minimum absolute atomic E-state index is 0.0496. The average molecular weight is 533 g/mol. The summed E-state index contributed by atoms with van der Waals surface area (Å²) in [6.45, 7) is 0. The van der Waals surface area contributed by atoms with Crippen molar-refractivity contribution in [2.75, 3.05) is 12.4 Å². The third-order valence-corrected chi connectivity index (χ3v) is 5.78. The molecule has 2 N–H and O–H groups in total. The Bertz CT molecular complexity index is 1580. The molecule has 8 nitrogen and oxygen atoms in total. The van der Waals surface area contributed by atoms with Gasteiger partial charge in [-0.1, -0.05) is 29.3 Å². The number of nitriles is 1. The molecule has 0 unspecified atom stereocenters. The van der Waals surface area contributed by atoms with Gasteiger partial charge < -0.3 is 10.6 Å². The van der Waals surface area contributed by atoms with E-state index in [4.69, 9.17) is 28.5 Å². The minimum atomic E-state index is -4.87. The van der Waals surface area contributed by atoms with Crippen LogP contribution in [0, 0.1) is 11.3 Å². The molecule has 0 fully saturated rings. The van der Waals surface area contributed by atoms with Crippen LogP contribution in [0.4, 0.5) is 18.9 Å². The van der Waals surface area contributed by atoms with Crippen LogP contribution in [0.1, 0.15) is 32.1 Å². The maximum Gasteiger partial charge on any atom is 0.435 e. The van der Waals surface area contributed by atoms with Crippen molar-refractivity contribution in [3.63, 3.8) is 0 Å². The van der Waals surface area contributed by atoms with Crippen LogP contribution in [0.2, 0.25) is 10.0 Å². The van der Waals surface area contributed by atoms with E-state index in [2.05, 4.69) is 20.7 Å². The molecule has 36 heavy (non-hydrogen) atoms. The number of carbonyl (C=O) groups excluding carboxylic acids is 2. The zero-order chi connectivity index (χ0) is 26.2. The van der Waals surface area contributed by atoms with Crippen molar-refractivity contribution in [3.05, 3.63) is 81.2 Å². The maximum absolute atomic E-state index is 13.4. The number of hydrogen-bond donors (Lipinski definition) is 2. The molecule has 0 atom stereocenters. The number of nitrogens with one attached hydrogen (secondary N) is 2. The molecule has 4 aromatic rings.